The standard InChI is InChI=1S/C21H27N3O5/c1-5-23(15-8-6-7-9-15)18(25)13-24-19(26)21(2,22-20(24)27)14-10-11-16(28-3)17(12-14)29-4/h8,10-12H,5-7,9,13H2,1-4H3,(H,22,27). The first-order chi connectivity index (χ1) is 13.8. The van der Waals surface area contributed by atoms with Gasteiger partial charge in [-0.15, -0.1) is 0 Å². The van der Waals surface area contributed by atoms with Crippen LogP contribution in [0.5, 0.6) is 11.5 Å². The first-order valence-electron chi connectivity index (χ1n) is 9.71. The maximum Gasteiger partial charge on any atom is 0.325 e. The highest BCUT2D eigenvalue weighted by Crippen LogP contribution is 2.35. The molecule has 1 fully saturated rings. The number of likely N-dealkylation sites (N-methyl/N-ethyl adjacent to an activating group) is 1. The molecule has 156 valence electrons. The molecule has 3 rings (SSSR count). The van der Waals surface area contributed by atoms with Crippen LogP contribution < -0.4 is 14.8 Å². The number of carbonyl (C=O) groups is 3. The number of methoxy groups -OCH3 is 2. The zero-order valence-corrected chi connectivity index (χ0v) is 17.3. The molecule has 1 aliphatic heterocycles. The maximum atomic E-state index is 13.1. The molecule has 0 radical (unpaired) electrons. The molecule has 8 nitrogen and oxygen atoms in total. The fraction of sp³-hybridized carbons (Fsp3) is 0.476. The lowest BCUT2D eigenvalue weighted by Crippen LogP contribution is -2.44. The van der Waals surface area contributed by atoms with Crippen LogP contribution in [0, 0.1) is 0 Å². The monoisotopic (exact) mass is 401 g/mol. The van der Waals surface area contributed by atoms with Crippen LogP contribution in [0.1, 0.15) is 38.7 Å². The normalized spacial score (nSPS) is 21.1. The Morgan fingerprint density at radius 2 is 1.97 bits per heavy atom. The Balaban J connectivity index is 1.82. The van der Waals surface area contributed by atoms with Gasteiger partial charge in [-0.25, -0.2) is 4.79 Å². The Morgan fingerprint density at radius 3 is 2.55 bits per heavy atom. The molecule has 29 heavy (non-hydrogen) atoms. The van der Waals surface area contributed by atoms with Crippen LogP contribution in [0.25, 0.3) is 0 Å². The molecular formula is C21H27N3O5. The second kappa shape index (κ2) is 8.14. The number of urea groups is 1. The van der Waals surface area contributed by atoms with Crippen LogP contribution in [-0.4, -0.2) is 55.0 Å². The molecule has 1 aliphatic carbocycles. The van der Waals surface area contributed by atoms with Crippen molar-refractivity contribution in [1.82, 2.24) is 15.1 Å². The van der Waals surface area contributed by atoms with Crippen molar-refractivity contribution in [3.63, 3.8) is 0 Å². The van der Waals surface area contributed by atoms with Gasteiger partial charge in [0.2, 0.25) is 5.91 Å². The topological polar surface area (TPSA) is 88.2 Å². The van der Waals surface area contributed by atoms with Crippen molar-refractivity contribution in [2.75, 3.05) is 27.3 Å². The molecule has 8 heteroatoms. The van der Waals surface area contributed by atoms with Gasteiger partial charge in [-0.1, -0.05) is 12.1 Å². The first-order valence-corrected chi connectivity index (χ1v) is 9.71. The van der Waals surface area contributed by atoms with Crippen molar-refractivity contribution in [3.8, 4) is 11.5 Å². The third-order valence-corrected chi connectivity index (χ3v) is 5.51. The van der Waals surface area contributed by atoms with Crippen molar-refractivity contribution in [3.05, 3.63) is 35.5 Å². The van der Waals surface area contributed by atoms with E-state index in [2.05, 4.69) is 5.32 Å². The van der Waals surface area contributed by atoms with Gasteiger partial charge in [0.25, 0.3) is 5.91 Å². The molecule has 1 heterocycles. The van der Waals surface area contributed by atoms with Gasteiger partial charge in [-0.3, -0.25) is 14.5 Å². The Labute approximate surface area is 170 Å². The smallest absolute Gasteiger partial charge is 0.325 e. The molecule has 1 atom stereocenters. The number of benzene rings is 1. The van der Waals surface area contributed by atoms with E-state index in [9.17, 15) is 14.4 Å². The molecule has 0 bridgehead atoms. The lowest BCUT2D eigenvalue weighted by molar-refractivity contribution is -0.137. The van der Waals surface area contributed by atoms with Gasteiger partial charge in [0, 0.05) is 12.2 Å². The Morgan fingerprint density at radius 1 is 1.24 bits per heavy atom. The average molecular weight is 401 g/mol. The van der Waals surface area contributed by atoms with Crippen molar-refractivity contribution in [2.45, 2.75) is 38.6 Å². The highest BCUT2D eigenvalue weighted by molar-refractivity contribution is 6.09. The molecule has 1 saturated heterocycles. The molecule has 1 N–H and O–H groups in total. The molecule has 4 amide bonds. The lowest BCUT2D eigenvalue weighted by Gasteiger charge is -2.25. The molecule has 0 aromatic heterocycles. The number of amides is 4. The minimum Gasteiger partial charge on any atom is -0.493 e. The molecule has 1 aromatic rings. The summed E-state index contributed by atoms with van der Waals surface area (Å²) in [5.41, 5.74) is 0.224. The van der Waals surface area contributed by atoms with E-state index in [0.29, 0.717) is 23.6 Å². The van der Waals surface area contributed by atoms with Crippen molar-refractivity contribution in [2.24, 2.45) is 0 Å². The number of carbonyl (C=O) groups excluding carboxylic acids is 3. The molecule has 1 aromatic carbocycles. The zero-order valence-electron chi connectivity index (χ0n) is 17.3. The predicted molar refractivity (Wildman–Crippen MR) is 106 cm³/mol. The van der Waals surface area contributed by atoms with E-state index in [1.165, 1.54) is 14.2 Å². The maximum absolute atomic E-state index is 13.1. The third kappa shape index (κ3) is 3.66. The fourth-order valence-corrected chi connectivity index (χ4v) is 3.84. The SMILES string of the molecule is CCN(C(=O)CN1C(=O)NC(C)(c2ccc(OC)c(OC)c2)C1=O)C1=CCCC1. The first kappa shape index (κ1) is 20.7. The van der Waals surface area contributed by atoms with Crippen LogP contribution in [-0.2, 0) is 15.1 Å². The second-order valence-corrected chi connectivity index (χ2v) is 7.24. The molecule has 1 unspecified atom stereocenters. The molecule has 0 spiro atoms. The number of imide groups is 1. The van der Waals surface area contributed by atoms with E-state index in [-0.39, 0.29) is 12.5 Å². The fourth-order valence-electron chi connectivity index (χ4n) is 3.84. The van der Waals surface area contributed by atoms with E-state index in [0.717, 1.165) is 29.9 Å². The van der Waals surface area contributed by atoms with E-state index < -0.39 is 17.5 Å². The van der Waals surface area contributed by atoms with Crippen molar-refractivity contribution < 1.29 is 23.9 Å². The minimum atomic E-state index is -1.29. The van der Waals surface area contributed by atoms with Gasteiger partial charge >= 0.3 is 6.03 Å². The van der Waals surface area contributed by atoms with Crippen LogP contribution in [0.3, 0.4) is 0 Å². The Kier molecular flexibility index (Phi) is 5.81. The summed E-state index contributed by atoms with van der Waals surface area (Å²) in [4.78, 5) is 41.2. The van der Waals surface area contributed by atoms with Gasteiger partial charge in [0.1, 0.15) is 12.1 Å². The van der Waals surface area contributed by atoms with Crippen LogP contribution in [0.2, 0.25) is 0 Å². The summed E-state index contributed by atoms with van der Waals surface area (Å²) in [6.07, 6.45) is 4.84. The summed E-state index contributed by atoms with van der Waals surface area (Å²) in [7, 11) is 3.02. The lowest BCUT2D eigenvalue weighted by atomic mass is 9.91. The number of nitrogens with one attached hydrogen (secondary N) is 1. The molecule has 2 aliphatic rings. The van der Waals surface area contributed by atoms with Crippen LogP contribution >= 0.6 is 0 Å². The van der Waals surface area contributed by atoms with E-state index >= 15 is 0 Å². The molecular weight excluding hydrogens is 374 g/mol. The summed E-state index contributed by atoms with van der Waals surface area (Å²) >= 11 is 0. The van der Waals surface area contributed by atoms with Gasteiger partial charge in [-0.05, 0) is 50.8 Å². The van der Waals surface area contributed by atoms with E-state index in [4.69, 9.17) is 9.47 Å². The van der Waals surface area contributed by atoms with E-state index in [1.807, 2.05) is 13.0 Å². The van der Waals surface area contributed by atoms with Crippen molar-refractivity contribution >= 4 is 17.8 Å². The summed E-state index contributed by atoms with van der Waals surface area (Å²) in [5.74, 6) is 0.237. The summed E-state index contributed by atoms with van der Waals surface area (Å²) in [6, 6.07) is 4.45. The number of hydrogen-bond donors (Lipinski definition) is 1. The van der Waals surface area contributed by atoms with Gasteiger partial charge in [-0.2, -0.15) is 0 Å². The quantitative estimate of drug-likeness (QED) is 0.709. The van der Waals surface area contributed by atoms with Crippen LogP contribution in [0.15, 0.2) is 30.0 Å². The number of ether oxygens (including phenoxy) is 2. The Bertz CT molecular complexity index is 866. The zero-order chi connectivity index (χ0) is 21.2. The van der Waals surface area contributed by atoms with Crippen molar-refractivity contribution in [1.29, 1.82) is 0 Å². The second-order valence-electron chi connectivity index (χ2n) is 7.24. The number of allylic oxidation sites excluding steroid dienone is 2. The minimum absolute atomic E-state index is 0.263. The molecule has 0 saturated carbocycles. The highest BCUT2D eigenvalue weighted by atomic mass is 16.5. The van der Waals surface area contributed by atoms with Gasteiger partial charge in [0.05, 0.1) is 14.2 Å². The van der Waals surface area contributed by atoms with Gasteiger partial charge in [0.15, 0.2) is 11.5 Å². The van der Waals surface area contributed by atoms with Crippen LogP contribution in [0.4, 0.5) is 4.79 Å². The number of rotatable bonds is 7. The summed E-state index contributed by atoms with van der Waals surface area (Å²) in [6.45, 7) is 3.71. The van der Waals surface area contributed by atoms with E-state index in [1.54, 1.807) is 30.0 Å². The highest BCUT2D eigenvalue weighted by Gasteiger charge is 2.50. The van der Waals surface area contributed by atoms with Gasteiger partial charge < -0.3 is 19.7 Å². The Hall–Kier alpha value is -3.03. The largest absolute Gasteiger partial charge is 0.493 e. The average Bonchev–Trinajstić information content (AvgIpc) is 3.31. The number of nitrogens with zero attached hydrogens (tertiary/aromatic N) is 2. The predicted octanol–water partition coefficient (Wildman–Crippen LogP) is 2.39. The summed E-state index contributed by atoms with van der Waals surface area (Å²) in [5, 5.41) is 2.72. The third-order valence-electron chi connectivity index (χ3n) is 5.51. The number of hydrogen-bond acceptors (Lipinski definition) is 5. The summed E-state index contributed by atoms with van der Waals surface area (Å²) < 4.78 is 10.5.